The van der Waals surface area contributed by atoms with Crippen molar-refractivity contribution in [1.82, 2.24) is 9.43 Å². The van der Waals surface area contributed by atoms with Crippen molar-refractivity contribution in [3.8, 4) is 0 Å². The summed E-state index contributed by atoms with van der Waals surface area (Å²) in [6.45, 7) is 0. The van der Waals surface area contributed by atoms with Crippen LogP contribution in [0.5, 0.6) is 0 Å². The second kappa shape index (κ2) is 2.30. The molecule has 0 saturated heterocycles. The molecule has 0 fully saturated rings. The van der Waals surface area contributed by atoms with Crippen molar-refractivity contribution in [2.75, 3.05) is 7.05 Å². The molecule has 0 aromatic carbocycles. The van der Waals surface area contributed by atoms with Crippen LogP contribution in [0.3, 0.4) is 0 Å². The van der Waals surface area contributed by atoms with Crippen LogP contribution in [-0.2, 0) is 0 Å². The Balaban J connectivity index is 2.69. The number of rotatable bonds is 1. The number of hydrogen-bond acceptors (Lipinski definition) is 5. The Kier molecular flexibility index (Phi) is 1.62. The summed E-state index contributed by atoms with van der Waals surface area (Å²) in [5.41, 5.74) is 0. The van der Waals surface area contributed by atoms with Crippen molar-refractivity contribution in [2.45, 2.75) is 6.29 Å². The van der Waals surface area contributed by atoms with Gasteiger partial charge in [0.1, 0.15) is 6.34 Å². The van der Waals surface area contributed by atoms with Gasteiger partial charge in [-0.3, -0.25) is 10.1 Å². The molecule has 10 heavy (non-hydrogen) atoms. The molecule has 0 bridgehead atoms. The molecule has 0 aromatic rings. The fraction of sp³-hybridized carbons (Fsp3) is 0.667. The van der Waals surface area contributed by atoms with Crippen molar-refractivity contribution < 1.29 is 4.92 Å². The number of hydrogen-bond donors (Lipinski definition) is 0. The minimum atomic E-state index is -1.07. The SMILES string of the molecule is CN1N=CN(Cl)C1[N+](=O)[O-]. The van der Waals surface area contributed by atoms with Crippen molar-refractivity contribution >= 4 is 18.1 Å². The summed E-state index contributed by atoms with van der Waals surface area (Å²) < 4.78 is 0.903. The predicted octanol–water partition coefficient (Wildman–Crippen LogP) is -0.109. The molecule has 1 unspecified atom stereocenters. The summed E-state index contributed by atoms with van der Waals surface area (Å²) >= 11 is 5.37. The third kappa shape index (κ3) is 0.971. The van der Waals surface area contributed by atoms with Gasteiger partial charge in [0.25, 0.3) is 0 Å². The number of nitrogens with zero attached hydrogens (tertiary/aromatic N) is 4. The Bertz CT molecular complexity index is 171. The van der Waals surface area contributed by atoms with Crippen molar-refractivity contribution in [3.05, 3.63) is 10.1 Å². The second-order valence-corrected chi connectivity index (χ2v) is 2.17. The number of halogens is 1. The zero-order valence-electron chi connectivity index (χ0n) is 5.14. The van der Waals surface area contributed by atoms with Gasteiger partial charge in [-0.1, -0.05) is 0 Å². The molecule has 7 heteroatoms. The van der Waals surface area contributed by atoms with E-state index in [9.17, 15) is 10.1 Å². The molecule has 1 rings (SSSR count). The van der Waals surface area contributed by atoms with E-state index in [1.165, 1.54) is 13.4 Å². The third-order valence-corrected chi connectivity index (χ3v) is 1.35. The van der Waals surface area contributed by atoms with Crippen LogP contribution in [0.15, 0.2) is 5.10 Å². The van der Waals surface area contributed by atoms with E-state index < -0.39 is 11.2 Å². The molecule has 6 nitrogen and oxygen atoms in total. The van der Waals surface area contributed by atoms with Gasteiger partial charge in [-0.15, -0.1) is 0 Å². The maximum absolute atomic E-state index is 10.2. The zero-order valence-corrected chi connectivity index (χ0v) is 5.89. The zero-order chi connectivity index (χ0) is 7.72. The van der Waals surface area contributed by atoms with Crippen LogP contribution in [0, 0.1) is 10.1 Å². The first-order valence-corrected chi connectivity index (χ1v) is 2.81. The molecule has 1 aliphatic heterocycles. The Hall–Kier alpha value is -1.04. The van der Waals surface area contributed by atoms with Crippen LogP contribution in [0.25, 0.3) is 0 Å². The predicted molar refractivity (Wildman–Crippen MR) is 34.7 cm³/mol. The fourth-order valence-electron chi connectivity index (χ4n) is 0.636. The smallest absolute Gasteiger partial charge is 0.261 e. The number of nitro groups is 1. The number of hydrazone groups is 1. The normalized spacial score (nSPS) is 24.0. The summed E-state index contributed by atoms with van der Waals surface area (Å²) in [6, 6.07) is 0. The van der Waals surface area contributed by atoms with Gasteiger partial charge < -0.3 is 0 Å². The van der Waals surface area contributed by atoms with E-state index in [-0.39, 0.29) is 0 Å². The lowest BCUT2D eigenvalue weighted by Crippen LogP contribution is -2.39. The van der Waals surface area contributed by atoms with E-state index in [0.717, 1.165) is 9.43 Å². The lowest BCUT2D eigenvalue weighted by atomic mass is 10.8. The van der Waals surface area contributed by atoms with E-state index in [0.29, 0.717) is 0 Å². The molecule has 0 aliphatic carbocycles. The molecular formula is C3H5ClN4O2. The first kappa shape index (κ1) is 7.07. The van der Waals surface area contributed by atoms with Crippen LogP contribution in [0.1, 0.15) is 0 Å². The van der Waals surface area contributed by atoms with Crippen molar-refractivity contribution in [1.29, 1.82) is 0 Å². The van der Waals surface area contributed by atoms with Gasteiger partial charge >= 0.3 is 6.29 Å². The minimum Gasteiger partial charge on any atom is -0.261 e. The van der Waals surface area contributed by atoms with Crippen molar-refractivity contribution in [3.63, 3.8) is 0 Å². The molecule has 0 radical (unpaired) electrons. The summed E-state index contributed by atoms with van der Waals surface area (Å²) in [4.78, 5) is 9.65. The second-order valence-electron chi connectivity index (χ2n) is 1.78. The lowest BCUT2D eigenvalue weighted by molar-refractivity contribution is -0.562. The summed E-state index contributed by atoms with van der Waals surface area (Å²) in [5, 5.41) is 14.9. The Morgan fingerprint density at radius 3 is 2.70 bits per heavy atom. The van der Waals surface area contributed by atoms with Gasteiger partial charge in [-0.2, -0.15) is 9.52 Å². The molecule has 0 aromatic heterocycles. The summed E-state index contributed by atoms with van der Waals surface area (Å²) in [7, 11) is 1.48. The first-order chi connectivity index (χ1) is 4.63. The standard InChI is InChI=1S/C3H5ClN4O2/c1-6-3(8(9)10)7(4)2-5-6/h2-3H,1H3. The van der Waals surface area contributed by atoms with E-state index in [2.05, 4.69) is 5.10 Å². The lowest BCUT2D eigenvalue weighted by Gasteiger charge is -2.13. The quantitative estimate of drug-likeness (QED) is 0.308. The van der Waals surface area contributed by atoms with Crippen LogP contribution >= 0.6 is 11.8 Å². The highest BCUT2D eigenvalue weighted by Crippen LogP contribution is 2.11. The third-order valence-electron chi connectivity index (χ3n) is 1.09. The van der Waals surface area contributed by atoms with E-state index >= 15 is 0 Å². The molecular weight excluding hydrogens is 160 g/mol. The topological polar surface area (TPSA) is 62.0 Å². The van der Waals surface area contributed by atoms with E-state index in [4.69, 9.17) is 11.8 Å². The van der Waals surface area contributed by atoms with Gasteiger partial charge in [0.05, 0.1) is 4.92 Å². The maximum atomic E-state index is 10.2. The Morgan fingerprint density at radius 2 is 2.50 bits per heavy atom. The average Bonchev–Trinajstić information content (AvgIpc) is 2.11. The fourth-order valence-corrected chi connectivity index (χ4v) is 0.873. The molecule has 56 valence electrons. The van der Waals surface area contributed by atoms with Gasteiger partial charge in [0, 0.05) is 18.8 Å². The first-order valence-electron chi connectivity index (χ1n) is 2.47. The van der Waals surface area contributed by atoms with Crippen molar-refractivity contribution in [2.24, 2.45) is 5.10 Å². The summed E-state index contributed by atoms with van der Waals surface area (Å²) in [5.74, 6) is 0. The molecule has 0 amide bonds. The highest BCUT2D eigenvalue weighted by Gasteiger charge is 2.34. The Labute approximate surface area is 61.9 Å². The monoisotopic (exact) mass is 164 g/mol. The van der Waals surface area contributed by atoms with Crippen LogP contribution in [0.4, 0.5) is 0 Å². The largest absolute Gasteiger partial charge is 0.397 e. The summed E-state index contributed by atoms with van der Waals surface area (Å²) in [6.07, 6.45) is 0.122. The van der Waals surface area contributed by atoms with Gasteiger partial charge in [0.2, 0.25) is 0 Å². The van der Waals surface area contributed by atoms with Crippen LogP contribution < -0.4 is 0 Å². The average molecular weight is 165 g/mol. The van der Waals surface area contributed by atoms with Crippen LogP contribution in [-0.4, -0.2) is 34.0 Å². The molecule has 0 N–H and O–H groups in total. The highest BCUT2D eigenvalue weighted by atomic mass is 35.5. The van der Waals surface area contributed by atoms with Crippen LogP contribution in [0.2, 0.25) is 0 Å². The van der Waals surface area contributed by atoms with E-state index in [1.807, 2.05) is 0 Å². The molecule has 1 aliphatic rings. The molecule has 1 heterocycles. The maximum Gasteiger partial charge on any atom is 0.397 e. The van der Waals surface area contributed by atoms with Gasteiger partial charge in [-0.05, 0) is 0 Å². The molecule has 0 spiro atoms. The molecule has 0 saturated carbocycles. The van der Waals surface area contributed by atoms with Gasteiger partial charge in [-0.25, -0.2) is 5.01 Å². The highest BCUT2D eigenvalue weighted by molar-refractivity contribution is 6.19. The Morgan fingerprint density at radius 1 is 1.90 bits per heavy atom. The molecule has 1 atom stereocenters. The van der Waals surface area contributed by atoms with E-state index in [1.54, 1.807) is 0 Å². The minimum absolute atomic E-state index is 0.528. The van der Waals surface area contributed by atoms with Gasteiger partial charge in [0.15, 0.2) is 0 Å².